The van der Waals surface area contributed by atoms with E-state index in [1.165, 1.54) is 0 Å². The number of hydrogen-bond donors (Lipinski definition) is 2. The van der Waals surface area contributed by atoms with Gasteiger partial charge < -0.3 is 10.8 Å². The van der Waals surface area contributed by atoms with E-state index in [1.807, 2.05) is 0 Å². The summed E-state index contributed by atoms with van der Waals surface area (Å²) in [5.41, 5.74) is 4.14. The molecule has 0 bridgehead atoms. The molecule has 0 aliphatic carbocycles. The molecule has 0 radical (unpaired) electrons. The zero-order valence-corrected chi connectivity index (χ0v) is 9.13. The van der Waals surface area contributed by atoms with Crippen LogP contribution in [-0.4, -0.2) is 17.8 Å². The number of rotatable bonds is 3. The molecule has 1 aromatic rings. The van der Waals surface area contributed by atoms with Crippen LogP contribution in [0.15, 0.2) is 0 Å². The summed E-state index contributed by atoms with van der Waals surface area (Å²) in [4.78, 5) is 0. The Morgan fingerprint density at radius 2 is 1.24 bits per heavy atom. The van der Waals surface area contributed by atoms with E-state index >= 15 is 0 Å². The van der Waals surface area contributed by atoms with Crippen LogP contribution in [0.3, 0.4) is 0 Å². The fourth-order valence-corrected chi connectivity index (χ4v) is 1.16. The van der Waals surface area contributed by atoms with Crippen LogP contribution < -0.4 is 5.73 Å². The van der Waals surface area contributed by atoms with Crippen LogP contribution in [0.5, 0.6) is 0 Å². The summed E-state index contributed by atoms with van der Waals surface area (Å²) < 4.78 is 64.1. The molecule has 0 fully saturated rings. The van der Waals surface area contributed by atoms with E-state index in [2.05, 4.69) is 0 Å². The van der Waals surface area contributed by atoms with Gasteiger partial charge in [0, 0.05) is 11.6 Å². The highest BCUT2D eigenvalue weighted by molar-refractivity contribution is 5.85. The Morgan fingerprint density at radius 1 is 0.882 bits per heavy atom. The molecule has 0 saturated heterocycles. The molecule has 0 aliphatic heterocycles. The van der Waals surface area contributed by atoms with E-state index < -0.39 is 53.7 Å². The molecule has 17 heavy (non-hydrogen) atoms. The highest BCUT2D eigenvalue weighted by Crippen LogP contribution is 2.23. The topological polar surface area (TPSA) is 46.2 Å². The first-order valence-electron chi connectivity index (χ1n) is 4.26. The Kier molecular flexibility index (Phi) is 5.80. The molecule has 98 valence electrons. The van der Waals surface area contributed by atoms with Crippen molar-refractivity contribution < 1.29 is 27.1 Å². The summed E-state index contributed by atoms with van der Waals surface area (Å²) in [5, 5.41) is 8.54. The molecule has 0 aliphatic rings. The van der Waals surface area contributed by atoms with Gasteiger partial charge in [0.1, 0.15) is 0 Å². The minimum absolute atomic E-state index is 0. The maximum absolute atomic E-state index is 13.0. The molecule has 1 aromatic carbocycles. The highest BCUT2D eigenvalue weighted by atomic mass is 35.5. The molecular weight excluding hydrogens is 269 g/mol. The Labute approximate surface area is 99.6 Å². The predicted molar refractivity (Wildman–Crippen MR) is 52.2 cm³/mol. The minimum Gasteiger partial charge on any atom is -0.395 e. The molecule has 3 N–H and O–H groups in total. The minimum atomic E-state index is -2.21. The van der Waals surface area contributed by atoms with E-state index in [0.29, 0.717) is 0 Å². The quantitative estimate of drug-likeness (QED) is 0.501. The van der Waals surface area contributed by atoms with Crippen LogP contribution in [-0.2, 0) is 6.42 Å². The Morgan fingerprint density at radius 3 is 1.59 bits per heavy atom. The third-order valence-corrected chi connectivity index (χ3v) is 2.00. The second-order valence-electron chi connectivity index (χ2n) is 3.20. The normalized spacial score (nSPS) is 12.2. The lowest BCUT2D eigenvalue weighted by Gasteiger charge is -2.11. The number of benzene rings is 1. The number of nitrogens with two attached hydrogens (primary N) is 1. The van der Waals surface area contributed by atoms with Gasteiger partial charge in [-0.1, -0.05) is 0 Å². The molecule has 0 saturated carbocycles. The fourth-order valence-electron chi connectivity index (χ4n) is 1.16. The van der Waals surface area contributed by atoms with Gasteiger partial charge >= 0.3 is 0 Å². The van der Waals surface area contributed by atoms with Crippen LogP contribution in [0.1, 0.15) is 5.56 Å². The highest BCUT2D eigenvalue weighted by Gasteiger charge is 2.26. The van der Waals surface area contributed by atoms with Gasteiger partial charge in [-0.25, -0.2) is 22.0 Å². The average Bonchev–Trinajstić information content (AvgIpc) is 2.29. The molecule has 1 unspecified atom stereocenters. The zero-order chi connectivity index (χ0) is 12.5. The van der Waals surface area contributed by atoms with Crippen molar-refractivity contribution in [2.24, 2.45) is 5.73 Å². The molecule has 0 heterocycles. The maximum Gasteiger partial charge on any atom is 0.200 e. The molecule has 2 nitrogen and oxygen atoms in total. The third kappa shape index (κ3) is 3.05. The summed E-state index contributed by atoms with van der Waals surface area (Å²) >= 11 is 0. The summed E-state index contributed by atoms with van der Waals surface area (Å²) in [6.07, 6.45) is -0.637. The van der Waals surface area contributed by atoms with Gasteiger partial charge in [-0.3, -0.25) is 0 Å². The second kappa shape index (κ2) is 6.13. The van der Waals surface area contributed by atoms with Gasteiger partial charge in [-0.15, -0.1) is 12.4 Å². The van der Waals surface area contributed by atoms with E-state index in [1.54, 1.807) is 0 Å². The van der Waals surface area contributed by atoms with Gasteiger partial charge in [0.2, 0.25) is 5.82 Å². The number of aliphatic hydroxyl groups is 1. The van der Waals surface area contributed by atoms with Crippen LogP contribution in [0.25, 0.3) is 0 Å². The zero-order valence-electron chi connectivity index (χ0n) is 8.31. The maximum atomic E-state index is 13.0. The number of halogens is 6. The van der Waals surface area contributed by atoms with Crippen molar-refractivity contribution in [3.8, 4) is 0 Å². The molecule has 0 aromatic heterocycles. The van der Waals surface area contributed by atoms with Crippen LogP contribution >= 0.6 is 12.4 Å². The standard InChI is InChI=1S/C9H8F5NO.ClH/c10-5-4(1-3(15)2-16)6(11)8(13)9(14)7(5)12;/h3,16H,1-2,15H2;1H. The largest absolute Gasteiger partial charge is 0.395 e. The van der Waals surface area contributed by atoms with Crippen molar-refractivity contribution in [2.75, 3.05) is 6.61 Å². The Hall–Kier alpha value is -0.920. The first kappa shape index (κ1) is 16.1. The molecule has 0 spiro atoms. The summed E-state index contributed by atoms with van der Waals surface area (Å²) in [7, 11) is 0. The number of hydrogen-bond acceptors (Lipinski definition) is 2. The number of aliphatic hydroxyl groups excluding tert-OH is 1. The lowest BCUT2D eigenvalue weighted by molar-refractivity contribution is 0.262. The van der Waals surface area contributed by atoms with Crippen molar-refractivity contribution in [2.45, 2.75) is 12.5 Å². The molecule has 1 atom stereocenters. The second-order valence-corrected chi connectivity index (χ2v) is 3.20. The van der Waals surface area contributed by atoms with Crippen molar-refractivity contribution in [3.63, 3.8) is 0 Å². The third-order valence-electron chi connectivity index (χ3n) is 2.00. The van der Waals surface area contributed by atoms with E-state index in [9.17, 15) is 22.0 Å². The van der Waals surface area contributed by atoms with E-state index in [0.717, 1.165) is 0 Å². The van der Waals surface area contributed by atoms with Crippen LogP contribution in [0, 0.1) is 29.1 Å². The van der Waals surface area contributed by atoms with Gasteiger partial charge in [0.15, 0.2) is 23.3 Å². The van der Waals surface area contributed by atoms with Gasteiger partial charge in [-0.05, 0) is 6.42 Å². The van der Waals surface area contributed by atoms with Crippen molar-refractivity contribution >= 4 is 12.4 Å². The average molecular weight is 278 g/mol. The fraction of sp³-hybridized carbons (Fsp3) is 0.333. The Bertz CT molecular complexity index is 386. The Balaban J connectivity index is 0.00000256. The predicted octanol–water partition coefficient (Wildman–Crippen LogP) is 1.67. The lowest BCUT2D eigenvalue weighted by Crippen LogP contribution is -2.28. The first-order valence-corrected chi connectivity index (χ1v) is 4.26. The monoisotopic (exact) mass is 277 g/mol. The summed E-state index contributed by atoms with van der Waals surface area (Å²) in [5.74, 6) is -10.1. The van der Waals surface area contributed by atoms with Gasteiger partial charge in [0.05, 0.1) is 6.61 Å². The van der Waals surface area contributed by atoms with Gasteiger partial charge in [0.25, 0.3) is 0 Å². The lowest BCUT2D eigenvalue weighted by atomic mass is 10.0. The summed E-state index contributed by atoms with van der Waals surface area (Å²) in [6, 6.07) is -1.09. The summed E-state index contributed by atoms with van der Waals surface area (Å²) in [6.45, 7) is -0.626. The van der Waals surface area contributed by atoms with E-state index in [-0.39, 0.29) is 12.4 Å². The van der Waals surface area contributed by atoms with Crippen LogP contribution in [0.4, 0.5) is 22.0 Å². The smallest absolute Gasteiger partial charge is 0.200 e. The SMILES string of the molecule is Cl.NC(CO)Cc1c(F)c(F)c(F)c(F)c1F. The molecule has 1 rings (SSSR count). The van der Waals surface area contributed by atoms with Crippen LogP contribution in [0.2, 0.25) is 0 Å². The van der Waals surface area contributed by atoms with Crippen molar-refractivity contribution in [1.82, 2.24) is 0 Å². The van der Waals surface area contributed by atoms with Gasteiger partial charge in [-0.2, -0.15) is 0 Å². The molecule has 0 amide bonds. The van der Waals surface area contributed by atoms with Crippen molar-refractivity contribution in [3.05, 3.63) is 34.6 Å². The van der Waals surface area contributed by atoms with Crippen molar-refractivity contribution in [1.29, 1.82) is 0 Å². The molecule has 8 heteroatoms. The first-order chi connectivity index (χ1) is 7.40. The molecular formula is C9H9ClF5NO. The van der Waals surface area contributed by atoms with E-state index in [4.69, 9.17) is 10.8 Å².